The van der Waals surface area contributed by atoms with E-state index < -0.39 is 0 Å². The molecule has 1 fully saturated rings. The van der Waals surface area contributed by atoms with E-state index in [1.165, 1.54) is 7.11 Å². The van der Waals surface area contributed by atoms with Gasteiger partial charge < -0.3 is 10.1 Å². The Bertz CT molecular complexity index is 154. The Balaban J connectivity index is 2.60. The average molecular weight is 143 g/mol. The molecule has 1 rings (SSSR count). The predicted molar refractivity (Wildman–Crippen MR) is 37.6 cm³/mol. The summed E-state index contributed by atoms with van der Waals surface area (Å²) in [5.41, 5.74) is -0.352. The summed E-state index contributed by atoms with van der Waals surface area (Å²) >= 11 is 0. The molecule has 0 amide bonds. The molecule has 1 saturated carbocycles. The van der Waals surface area contributed by atoms with Crippen LogP contribution in [0, 0.1) is 5.92 Å². The van der Waals surface area contributed by atoms with Crippen LogP contribution in [0.1, 0.15) is 13.3 Å². The van der Waals surface area contributed by atoms with E-state index in [4.69, 9.17) is 0 Å². The van der Waals surface area contributed by atoms with Gasteiger partial charge in [0, 0.05) is 0 Å². The summed E-state index contributed by atoms with van der Waals surface area (Å²) in [6, 6.07) is 0. The number of carbonyl (C=O) groups is 1. The monoisotopic (exact) mass is 143 g/mol. The van der Waals surface area contributed by atoms with Crippen LogP contribution in [0.4, 0.5) is 0 Å². The fourth-order valence-electron chi connectivity index (χ4n) is 1.34. The highest BCUT2D eigenvalue weighted by Gasteiger charge is 2.57. The van der Waals surface area contributed by atoms with Gasteiger partial charge in [0.05, 0.1) is 7.11 Å². The molecule has 2 unspecified atom stereocenters. The van der Waals surface area contributed by atoms with E-state index in [1.807, 2.05) is 6.92 Å². The van der Waals surface area contributed by atoms with Crippen molar-refractivity contribution in [2.75, 3.05) is 14.2 Å². The largest absolute Gasteiger partial charge is 0.468 e. The first kappa shape index (κ1) is 7.54. The molecule has 0 radical (unpaired) electrons. The third kappa shape index (κ3) is 0.814. The van der Waals surface area contributed by atoms with Crippen LogP contribution < -0.4 is 5.32 Å². The number of esters is 1. The van der Waals surface area contributed by atoms with Gasteiger partial charge in [-0.05, 0) is 19.4 Å². The number of nitrogens with one attached hydrogen (secondary N) is 1. The van der Waals surface area contributed by atoms with Crippen LogP contribution in [0.3, 0.4) is 0 Å². The Morgan fingerprint density at radius 2 is 2.30 bits per heavy atom. The predicted octanol–water partition coefficient (Wildman–Crippen LogP) is 0.157. The fraction of sp³-hybridized carbons (Fsp3) is 0.857. The molecule has 0 aliphatic heterocycles. The van der Waals surface area contributed by atoms with Crippen molar-refractivity contribution < 1.29 is 9.53 Å². The number of carbonyl (C=O) groups excluding carboxylic acids is 1. The lowest BCUT2D eigenvalue weighted by atomic mass is 10.2. The zero-order valence-electron chi connectivity index (χ0n) is 6.60. The Kier molecular flexibility index (Phi) is 1.68. The molecule has 0 heterocycles. The molecule has 0 bridgehead atoms. The van der Waals surface area contributed by atoms with Crippen molar-refractivity contribution >= 4 is 5.97 Å². The topological polar surface area (TPSA) is 38.3 Å². The van der Waals surface area contributed by atoms with E-state index >= 15 is 0 Å². The Hall–Kier alpha value is -0.570. The number of hydrogen-bond acceptors (Lipinski definition) is 3. The minimum atomic E-state index is -0.352. The summed E-state index contributed by atoms with van der Waals surface area (Å²) in [5, 5.41) is 2.98. The Morgan fingerprint density at radius 3 is 2.40 bits per heavy atom. The second-order valence-corrected chi connectivity index (χ2v) is 2.82. The summed E-state index contributed by atoms with van der Waals surface area (Å²) < 4.78 is 4.64. The molecule has 10 heavy (non-hydrogen) atoms. The third-order valence-electron chi connectivity index (χ3n) is 2.31. The highest BCUT2D eigenvalue weighted by atomic mass is 16.5. The summed E-state index contributed by atoms with van der Waals surface area (Å²) in [6.45, 7) is 2.04. The average Bonchev–Trinajstić information content (AvgIpc) is 2.61. The molecule has 0 spiro atoms. The molecule has 2 atom stereocenters. The van der Waals surface area contributed by atoms with Crippen molar-refractivity contribution in [3.8, 4) is 0 Å². The van der Waals surface area contributed by atoms with E-state index in [2.05, 4.69) is 10.1 Å². The van der Waals surface area contributed by atoms with Crippen LogP contribution >= 0.6 is 0 Å². The zero-order valence-corrected chi connectivity index (χ0v) is 6.60. The van der Waals surface area contributed by atoms with E-state index in [-0.39, 0.29) is 11.5 Å². The Morgan fingerprint density at radius 1 is 1.80 bits per heavy atom. The number of rotatable bonds is 2. The van der Waals surface area contributed by atoms with Crippen LogP contribution in [0.2, 0.25) is 0 Å². The van der Waals surface area contributed by atoms with Crippen molar-refractivity contribution in [1.82, 2.24) is 5.32 Å². The van der Waals surface area contributed by atoms with Crippen molar-refractivity contribution in [1.29, 1.82) is 0 Å². The maximum Gasteiger partial charge on any atom is 0.326 e. The van der Waals surface area contributed by atoms with Crippen molar-refractivity contribution in [2.24, 2.45) is 5.92 Å². The number of hydrogen-bond donors (Lipinski definition) is 1. The maximum atomic E-state index is 11.1. The first-order chi connectivity index (χ1) is 4.67. The van der Waals surface area contributed by atoms with E-state index in [0.717, 1.165) is 6.42 Å². The summed E-state index contributed by atoms with van der Waals surface area (Å²) in [5.74, 6) is 0.285. The van der Waals surface area contributed by atoms with Crippen LogP contribution in [0.15, 0.2) is 0 Å². The molecule has 0 aromatic heterocycles. The van der Waals surface area contributed by atoms with Gasteiger partial charge in [0.15, 0.2) is 0 Å². The molecular weight excluding hydrogens is 130 g/mol. The first-order valence-corrected chi connectivity index (χ1v) is 3.44. The minimum Gasteiger partial charge on any atom is -0.468 e. The molecule has 0 saturated heterocycles. The second-order valence-electron chi connectivity index (χ2n) is 2.82. The first-order valence-electron chi connectivity index (χ1n) is 3.44. The lowest BCUT2D eigenvalue weighted by Crippen LogP contribution is -2.39. The molecule has 1 aliphatic carbocycles. The Labute approximate surface area is 60.7 Å². The summed E-state index contributed by atoms with van der Waals surface area (Å²) in [4.78, 5) is 11.1. The highest BCUT2D eigenvalue weighted by molar-refractivity contribution is 5.84. The van der Waals surface area contributed by atoms with Crippen LogP contribution in [0.25, 0.3) is 0 Å². The van der Waals surface area contributed by atoms with Gasteiger partial charge in [-0.15, -0.1) is 0 Å². The lowest BCUT2D eigenvalue weighted by Gasteiger charge is -2.11. The van der Waals surface area contributed by atoms with Gasteiger partial charge in [-0.1, -0.05) is 6.92 Å². The number of ether oxygens (including phenoxy) is 1. The van der Waals surface area contributed by atoms with Gasteiger partial charge >= 0.3 is 5.97 Å². The van der Waals surface area contributed by atoms with E-state index in [0.29, 0.717) is 5.92 Å². The minimum absolute atomic E-state index is 0.137. The smallest absolute Gasteiger partial charge is 0.326 e. The summed E-state index contributed by atoms with van der Waals surface area (Å²) in [6.07, 6.45) is 0.899. The molecule has 0 aromatic carbocycles. The second kappa shape index (κ2) is 2.23. The molecule has 1 aliphatic rings. The van der Waals surface area contributed by atoms with E-state index in [9.17, 15) is 4.79 Å². The number of likely N-dealkylation sites (N-methyl/N-ethyl adjacent to an activating group) is 1. The van der Waals surface area contributed by atoms with Gasteiger partial charge in [0.1, 0.15) is 5.54 Å². The quantitative estimate of drug-likeness (QED) is 0.559. The van der Waals surface area contributed by atoms with Gasteiger partial charge in [-0.2, -0.15) is 0 Å². The van der Waals surface area contributed by atoms with Gasteiger partial charge in [0.2, 0.25) is 0 Å². The lowest BCUT2D eigenvalue weighted by molar-refractivity contribution is -0.144. The summed E-state index contributed by atoms with van der Waals surface area (Å²) in [7, 11) is 3.22. The SMILES string of the molecule is CNC1(C(=O)OC)CC1C. The van der Waals surface area contributed by atoms with Crippen LogP contribution in [-0.4, -0.2) is 25.7 Å². The van der Waals surface area contributed by atoms with Gasteiger partial charge in [0.25, 0.3) is 0 Å². The molecule has 3 nitrogen and oxygen atoms in total. The van der Waals surface area contributed by atoms with E-state index in [1.54, 1.807) is 7.05 Å². The third-order valence-corrected chi connectivity index (χ3v) is 2.31. The number of methoxy groups -OCH3 is 1. The van der Waals surface area contributed by atoms with Crippen molar-refractivity contribution in [3.05, 3.63) is 0 Å². The molecule has 58 valence electrons. The highest BCUT2D eigenvalue weighted by Crippen LogP contribution is 2.43. The maximum absolute atomic E-state index is 11.1. The van der Waals surface area contributed by atoms with Crippen LogP contribution in [0.5, 0.6) is 0 Å². The van der Waals surface area contributed by atoms with Crippen molar-refractivity contribution in [3.63, 3.8) is 0 Å². The zero-order chi connectivity index (χ0) is 7.78. The van der Waals surface area contributed by atoms with Crippen molar-refractivity contribution in [2.45, 2.75) is 18.9 Å². The molecule has 3 heteroatoms. The normalized spacial score (nSPS) is 37.3. The molecular formula is C7H13NO2. The standard InChI is InChI=1S/C7H13NO2/c1-5-4-7(5,8-2)6(9)10-3/h5,8H,4H2,1-3H3. The molecule has 0 aromatic rings. The van der Waals surface area contributed by atoms with Gasteiger partial charge in [-0.3, -0.25) is 4.79 Å². The fourth-order valence-corrected chi connectivity index (χ4v) is 1.34. The molecule has 1 N–H and O–H groups in total. The van der Waals surface area contributed by atoms with Gasteiger partial charge in [-0.25, -0.2) is 0 Å². The van der Waals surface area contributed by atoms with Crippen LogP contribution in [-0.2, 0) is 9.53 Å².